The molecule has 0 saturated heterocycles. The third-order valence-electron chi connectivity index (χ3n) is 4.60. The number of hydrogen-bond acceptors (Lipinski definition) is 5. The molecule has 1 heterocycles. The Morgan fingerprint density at radius 2 is 1.84 bits per heavy atom. The highest BCUT2D eigenvalue weighted by Gasteiger charge is 2.24. The molecule has 5 nitrogen and oxygen atoms in total. The number of esters is 1. The third kappa shape index (κ3) is 5.39. The fourth-order valence-electron chi connectivity index (χ4n) is 3.06. The highest BCUT2D eigenvalue weighted by molar-refractivity contribution is 14.1. The number of cyclic esters (lactones) is 1. The molecule has 0 unspecified atom stereocenters. The molecule has 3 aromatic carbocycles. The van der Waals surface area contributed by atoms with Crippen LogP contribution in [0.5, 0.6) is 11.5 Å². The molecule has 0 N–H and O–H groups in total. The molecule has 0 spiro atoms. The predicted molar refractivity (Wildman–Crippen MR) is 136 cm³/mol. The Labute approximate surface area is 208 Å². The summed E-state index contributed by atoms with van der Waals surface area (Å²) in [5.74, 6) is 1.04. The second-order valence-corrected chi connectivity index (χ2v) is 8.89. The summed E-state index contributed by atoms with van der Waals surface area (Å²) in [5, 5.41) is 0. The van der Waals surface area contributed by atoms with Crippen LogP contribution in [0.25, 0.3) is 6.08 Å². The zero-order valence-electron chi connectivity index (χ0n) is 17.2. The van der Waals surface area contributed by atoms with E-state index in [9.17, 15) is 4.79 Å². The van der Waals surface area contributed by atoms with E-state index < -0.39 is 5.97 Å². The van der Waals surface area contributed by atoms with Gasteiger partial charge in [-0.2, -0.15) is 0 Å². The van der Waals surface area contributed by atoms with Gasteiger partial charge in [0.05, 0.1) is 6.61 Å². The zero-order valence-corrected chi connectivity index (χ0v) is 20.9. The van der Waals surface area contributed by atoms with Crippen molar-refractivity contribution in [3.63, 3.8) is 0 Å². The monoisotopic (exact) mass is 603 g/mol. The molecule has 0 saturated carbocycles. The Bertz CT molecular complexity index is 1210. The third-order valence-corrected chi connectivity index (χ3v) is 6.93. The Kier molecular flexibility index (Phi) is 7.26. The zero-order chi connectivity index (χ0) is 22.5. The lowest BCUT2D eigenvalue weighted by Crippen LogP contribution is -2.05. The molecular weight excluding hydrogens is 585 g/mol. The van der Waals surface area contributed by atoms with Crippen molar-refractivity contribution in [3.05, 3.63) is 97.2 Å². The van der Waals surface area contributed by atoms with Gasteiger partial charge in [0.1, 0.15) is 6.61 Å². The summed E-state index contributed by atoms with van der Waals surface area (Å²) in [6.45, 7) is 2.84. The maximum atomic E-state index is 12.4. The van der Waals surface area contributed by atoms with E-state index >= 15 is 0 Å². The van der Waals surface area contributed by atoms with E-state index in [0.717, 1.165) is 24.7 Å². The summed E-state index contributed by atoms with van der Waals surface area (Å²) >= 11 is 5.71. The minimum atomic E-state index is -0.489. The van der Waals surface area contributed by atoms with Gasteiger partial charge in [0.25, 0.3) is 0 Å². The van der Waals surface area contributed by atoms with Gasteiger partial charge in [-0.3, -0.25) is 0 Å². The number of hydrogen-bond donors (Lipinski definition) is 0. The SMILES string of the molecule is CCOc1cc(/C=C2\N=C(c3ccc(I)c(Br)c3)OC2=O)ccc1OCc1ccccc1. The minimum absolute atomic E-state index is 0.232. The fraction of sp³-hybridized carbons (Fsp3) is 0.120. The average molecular weight is 604 g/mol. The number of nitrogens with zero attached hydrogens (tertiary/aromatic N) is 1. The van der Waals surface area contributed by atoms with E-state index in [1.165, 1.54) is 0 Å². The number of halogens is 2. The first-order chi connectivity index (χ1) is 15.5. The van der Waals surface area contributed by atoms with Crippen LogP contribution in [0.4, 0.5) is 0 Å². The molecule has 32 heavy (non-hydrogen) atoms. The highest BCUT2D eigenvalue weighted by Crippen LogP contribution is 2.31. The Morgan fingerprint density at radius 3 is 2.59 bits per heavy atom. The second-order valence-electron chi connectivity index (χ2n) is 6.88. The van der Waals surface area contributed by atoms with Gasteiger partial charge in [-0.25, -0.2) is 9.79 Å². The molecule has 0 fully saturated rings. The minimum Gasteiger partial charge on any atom is -0.490 e. The summed E-state index contributed by atoms with van der Waals surface area (Å²) in [6, 6.07) is 21.1. The van der Waals surface area contributed by atoms with Crippen LogP contribution in [0.1, 0.15) is 23.6 Å². The van der Waals surface area contributed by atoms with E-state index in [4.69, 9.17) is 14.2 Å². The van der Waals surface area contributed by atoms with Gasteiger partial charge in [-0.05, 0) is 93.0 Å². The molecule has 0 amide bonds. The molecule has 1 aliphatic rings. The van der Waals surface area contributed by atoms with E-state index in [2.05, 4.69) is 43.5 Å². The van der Waals surface area contributed by atoms with Gasteiger partial charge in [-0.15, -0.1) is 0 Å². The molecule has 0 aromatic heterocycles. The molecule has 0 bridgehead atoms. The van der Waals surface area contributed by atoms with Crippen LogP contribution in [-0.2, 0) is 16.1 Å². The second kappa shape index (κ2) is 10.3. The van der Waals surface area contributed by atoms with Crippen molar-refractivity contribution in [2.75, 3.05) is 6.61 Å². The van der Waals surface area contributed by atoms with E-state index in [0.29, 0.717) is 24.7 Å². The first kappa shape index (κ1) is 22.5. The van der Waals surface area contributed by atoms with Crippen LogP contribution in [0.15, 0.2) is 81.9 Å². The Balaban J connectivity index is 1.57. The van der Waals surface area contributed by atoms with Gasteiger partial charge in [0, 0.05) is 13.6 Å². The first-order valence-electron chi connectivity index (χ1n) is 9.95. The number of aliphatic imine (C=N–C) groups is 1. The van der Waals surface area contributed by atoms with Crippen molar-refractivity contribution in [1.82, 2.24) is 0 Å². The largest absolute Gasteiger partial charge is 0.490 e. The van der Waals surface area contributed by atoms with Crippen molar-refractivity contribution < 1.29 is 19.0 Å². The smallest absolute Gasteiger partial charge is 0.363 e. The van der Waals surface area contributed by atoms with Crippen molar-refractivity contribution in [2.45, 2.75) is 13.5 Å². The Morgan fingerprint density at radius 1 is 1.03 bits per heavy atom. The van der Waals surface area contributed by atoms with E-state index in [1.54, 1.807) is 6.08 Å². The molecule has 7 heteroatoms. The molecule has 3 aromatic rings. The summed E-state index contributed by atoms with van der Waals surface area (Å²) < 4.78 is 19.1. The van der Waals surface area contributed by atoms with Crippen LogP contribution >= 0.6 is 38.5 Å². The fourth-order valence-corrected chi connectivity index (χ4v) is 3.77. The molecule has 162 valence electrons. The van der Waals surface area contributed by atoms with Crippen molar-refractivity contribution in [3.8, 4) is 11.5 Å². The van der Waals surface area contributed by atoms with Gasteiger partial charge in [0.2, 0.25) is 5.90 Å². The number of carbonyl (C=O) groups is 1. The van der Waals surface area contributed by atoms with E-state index in [1.807, 2.05) is 73.7 Å². The number of ether oxygens (including phenoxy) is 3. The highest BCUT2D eigenvalue weighted by atomic mass is 127. The average Bonchev–Trinajstić information content (AvgIpc) is 3.16. The number of rotatable bonds is 7. The van der Waals surface area contributed by atoms with E-state index in [-0.39, 0.29) is 11.6 Å². The number of carbonyl (C=O) groups excluding carboxylic acids is 1. The summed E-state index contributed by atoms with van der Waals surface area (Å²) in [4.78, 5) is 16.8. The van der Waals surface area contributed by atoms with Gasteiger partial charge >= 0.3 is 5.97 Å². The first-order valence-corrected chi connectivity index (χ1v) is 11.8. The quantitative estimate of drug-likeness (QED) is 0.179. The van der Waals surface area contributed by atoms with Crippen LogP contribution in [-0.4, -0.2) is 18.5 Å². The lowest BCUT2D eigenvalue weighted by molar-refractivity contribution is -0.129. The van der Waals surface area contributed by atoms with Gasteiger partial charge in [0.15, 0.2) is 17.2 Å². The molecule has 0 atom stereocenters. The van der Waals surface area contributed by atoms with Crippen LogP contribution in [0, 0.1) is 3.57 Å². The van der Waals surface area contributed by atoms with Crippen molar-refractivity contribution in [2.24, 2.45) is 4.99 Å². The molecule has 0 radical (unpaired) electrons. The molecule has 1 aliphatic heterocycles. The number of benzene rings is 3. The maximum Gasteiger partial charge on any atom is 0.363 e. The lowest BCUT2D eigenvalue weighted by Gasteiger charge is -2.12. The van der Waals surface area contributed by atoms with Crippen LogP contribution in [0.2, 0.25) is 0 Å². The van der Waals surface area contributed by atoms with Crippen molar-refractivity contribution >= 4 is 56.5 Å². The van der Waals surface area contributed by atoms with Gasteiger partial charge in [-0.1, -0.05) is 36.4 Å². The normalized spacial score (nSPS) is 14.3. The predicted octanol–water partition coefficient (Wildman–Crippen LogP) is 6.38. The standard InChI is InChI=1S/C25H19BrINO4/c1-2-30-23-13-17(8-11-22(23)31-15-16-6-4-3-5-7-16)12-21-25(29)32-24(28-21)18-9-10-20(27)19(26)14-18/h3-14H,2,15H2,1H3/b21-12-. The van der Waals surface area contributed by atoms with Gasteiger partial charge < -0.3 is 14.2 Å². The molecule has 4 rings (SSSR count). The van der Waals surface area contributed by atoms with Crippen molar-refractivity contribution in [1.29, 1.82) is 0 Å². The topological polar surface area (TPSA) is 57.1 Å². The molecular formula is C25H19BrINO4. The molecule has 0 aliphatic carbocycles. The summed E-state index contributed by atoms with van der Waals surface area (Å²) in [7, 11) is 0. The lowest BCUT2D eigenvalue weighted by atomic mass is 10.1. The Hall–Kier alpha value is -2.65. The summed E-state index contributed by atoms with van der Waals surface area (Å²) in [6.07, 6.45) is 1.68. The van der Waals surface area contributed by atoms with Crippen LogP contribution < -0.4 is 9.47 Å². The summed E-state index contributed by atoms with van der Waals surface area (Å²) in [5.41, 5.74) is 2.80. The van der Waals surface area contributed by atoms with Crippen LogP contribution in [0.3, 0.4) is 0 Å². The maximum absolute atomic E-state index is 12.4.